The van der Waals surface area contributed by atoms with Gasteiger partial charge in [0, 0.05) is 37.3 Å². The number of nitro benzene ring substituents is 1. The molecule has 1 aromatic rings. The van der Waals surface area contributed by atoms with Crippen LogP contribution in [-0.4, -0.2) is 53.2 Å². The van der Waals surface area contributed by atoms with Crippen molar-refractivity contribution in [3.8, 4) is 11.5 Å². The summed E-state index contributed by atoms with van der Waals surface area (Å²) in [5.41, 5.74) is 0.827. The highest BCUT2D eigenvalue weighted by atomic mass is 16.7. The molecule has 0 amide bonds. The van der Waals surface area contributed by atoms with E-state index in [4.69, 9.17) is 9.47 Å². The van der Waals surface area contributed by atoms with Crippen molar-refractivity contribution < 1.29 is 14.4 Å². The Hall–Kier alpha value is -1.86. The number of hydrogen-bond donors (Lipinski definition) is 0. The van der Waals surface area contributed by atoms with Gasteiger partial charge in [-0.25, -0.2) is 0 Å². The first-order valence-corrected chi connectivity index (χ1v) is 8.18. The molecule has 3 aliphatic rings. The first-order chi connectivity index (χ1) is 11.1. The fourth-order valence-electron chi connectivity index (χ4n) is 4.09. The number of ether oxygens (including phenoxy) is 2. The molecule has 0 aliphatic carbocycles. The maximum Gasteiger partial charge on any atom is 0.277 e. The molecule has 0 spiro atoms. The normalized spacial score (nSPS) is 27.2. The first kappa shape index (κ1) is 14.7. The molecule has 0 saturated carbocycles. The zero-order valence-electron chi connectivity index (χ0n) is 13.2. The van der Waals surface area contributed by atoms with Gasteiger partial charge in [-0.3, -0.25) is 19.9 Å². The van der Waals surface area contributed by atoms with Crippen LogP contribution in [0.25, 0.3) is 0 Å². The highest BCUT2D eigenvalue weighted by Gasteiger charge is 2.37. The van der Waals surface area contributed by atoms with Gasteiger partial charge in [-0.2, -0.15) is 0 Å². The third-order valence-electron chi connectivity index (χ3n) is 5.37. The van der Waals surface area contributed by atoms with Gasteiger partial charge in [0.1, 0.15) is 0 Å². The number of hydrogen-bond acceptors (Lipinski definition) is 6. The number of fused-ring (bicyclic) bond motifs is 2. The van der Waals surface area contributed by atoms with Crippen LogP contribution in [0.2, 0.25) is 0 Å². The van der Waals surface area contributed by atoms with Crippen molar-refractivity contribution in [1.29, 1.82) is 0 Å². The van der Waals surface area contributed by atoms with Gasteiger partial charge < -0.3 is 9.47 Å². The quantitative estimate of drug-likeness (QED) is 0.627. The minimum Gasteiger partial charge on any atom is -0.454 e. The largest absolute Gasteiger partial charge is 0.454 e. The van der Waals surface area contributed by atoms with Crippen molar-refractivity contribution in [2.75, 3.05) is 26.4 Å². The predicted octanol–water partition coefficient (Wildman–Crippen LogP) is 1.99. The smallest absolute Gasteiger partial charge is 0.277 e. The van der Waals surface area contributed by atoms with Crippen LogP contribution in [-0.2, 0) is 6.54 Å². The van der Waals surface area contributed by atoms with Crippen molar-refractivity contribution in [1.82, 2.24) is 9.80 Å². The lowest BCUT2D eigenvalue weighted by Gasteiger charge is -2.43. The Morgan fingerprint density at radius 1 is 1.26 bits per heavy atom. The monoisotopic (exact) mass is 319 g/mol. The summed E-state index contributed by atoms with van der Waals surface area (Å²) < 4.78 is 10.7. The number of piperazine rings is 1. The van der Waals surface area contributed by atoms with E-state index < -0.39 is 0 Å². The van der Waals surface area contributed by atoms with E-state index in [0.29, 0.717) is 35.7 Å². The van der Waals surface area contributed by atoms with Gasteiger partial charge in [0.15, 0.2) is 11.5 Å². The second kappa shape index (κ2) is 5.65. The van der Waals surface area contributed by atoms with Crippen molar-refractivity contribution in [2.24, 2.45) is 0 Å². The van der Waals surface area contributed by atoms with Crippen LogP contribution in [0, 0.1) is 10.1 Å². The van der Waals surface area contributed by atoms with E-state index in [2.05, 4.69) is 16.7 Å². The third-order valence-corrected chi connectivity index (χ3v) is 5.37. The average molecular weight is 319 g/mol. The van der Waals surface area contributed by atoms with Gasteiger partial charge in [-0.1, -0.05) is 0 Å². The summed E-state index contributed by atoms with van der Waals surface area (Å²) in [5, 5.41) is 11.4. The molecule has 7 heteroatoms. The SMILES string of the molecule is C[C@@H]1[C@@H]2CCCN2CCN1Cc1cc2c(cc1[N+](=O)[O-])OCO2. The molecule has 0 aromatic heterocycles. The van der Waals surface area contributed by atoms with Gasteiger partial charge in [0.05, 0.1) is 11.0 Å². The molecule has 124 valence electrons. The summed E-state index contributed by atoms with van der Waals surface area (Å²) in [7, 11) is 0. The Morgan fingerprint density at radius 3 is 2.83 bits per heavy atom. The summed E-state index contributed by atoms with van der Waals surface area (Å²) in [5.74, 6) is 1.08. The number of nitrogens with zero attached hydrogens (tertiary/aromatic N) is 3. The van der Waals surface area contributed by atoms with Gasteiger partial charge in [-0.05, 0) is 32.4 Å². The molecule has 0 unspecified atom stereocenters. The summed E-state index contributed by atoms with van der Waals surface area (Å²) >= 11 is 0. The van der Waals surface area contributed by atoms with E-state index >= 15 is 0 Å². The molecule has 3 aliphatic heterocycles. The molecule has 2 saturated heterocycles. The Labute approximate surface area is 134 Å². The van der Waals surface area contributed by atoms with Crippen molar-refractivity contribution in [2.45, 2.75) is 38.4 Å². The van der Waals surface area contributed by atoms with E-state index in [9.17, 15) is 10.1 Å². The van der Waals surface area contributed by atoms with Crippen LogP contribution in [0.15, 0.2) is 12.1 Å². The van der Waals surface area contributed by atoms with Crippen LogP contribution >= 0.6 is 0 Å². The Morgan fingerprint density at radius 2 is 2.04 bits per heavy atom. The molecule has 23 heavy (non-hydrogen) atoms. The van der Waals surface area contributed by atoms with Gasteiger partial charge >= 0.3 is 0 Å². The van der Waals surface area contributed by atoms with Crippen molar-refractivity contribution in [3.63, 3.8) is 0 Å². The highest BCUT2D eigenvalue weighted by molar-refractivity contribution is 5.55. The maximum absolute atomic E-state index is 11.4. The second-order valence-corrected chi connectivity index (χ2v) is 6.55. The lowest BCUT2D eigenvalue weighted by molar-refractivity contribution is -0.385. The molecule has 7 nitrogen and oxygen atoms in total. The zero-order chi connectivity index (χ0) is 16.0. The lowest BCUT2D eigenvalue weighted by Crippen LogP contribution is -2.55. The van der Waals surface area contributed by atoms with E-state index in [1.165, 1.54) is 25.5 Å². The Bertz CT molecular complexity index is 636. The maximum atomic E-state index is 11.4. The number of nitro groups is 1. The molecule has 4 rings (SSSR count). The fourth-order valence-corrected chi connectivity index (χ4v) is 4.09. The summed E-state index contributed by atoms with van der Waals surface area (Å²) in [6.07, 6.45) is 2.48. The third kappa shape index (κ3) is 2.53. The molecule has 2 fully saturated rings. The van der Waals surface area contributed by atoms with E-state index in [0.717, 1.165) is 13.1 Å². The molecule has 0 radical (unpaired) electrons. The molecular formula is C16H21N3O4. The second-order valence-electron chi connectivity index (χ2n) is 6.55. The molecule has 0 N–H and O–H groups in total. The van der Waals surface area contributed by atoms with E-state index in [-0.39, 0.29) is 17.4 Å². The van der Waals surface area contributed by atoms with Crippen molar-refractivity contribution in [3.05, 3.63) is 27.8 Å². The molecule has 2 atom stereocenters. The van der Waals surface area contributed by atoms with Crippen LogP contribution in [0.5, 0.6) is 11.5 Å². The topological polar surface area (TPSA) is 68.1 Å². The van der Waals surface area contributed by atoms with E-state index in [1.807, 2.05) is 0 Å². The Kier molecular flexibility index (Phi) is 3.61. The standard InChI is InChI=1S/C16H21N3O4/c1-11-13-3-2-4-17(13)5-6-18(11)9-12-7-15-16(23-10-22-15)8-14(12)19(20)21/h7-8,11,13H,2-6,9-10H2,1H3/t11-,13+/m1/s1. The lowest BCUT2D eigenvalue weighted by atomic mass is 10.0. The number of benzene rings is 1. The summed E-state index contributed by atoms with van der Waals surface area (Å²) in [6, 6.07) is 4.26. The zero-order valence-corrected chi connectivity index (χ0v) is 13.2. The fraction of sp³-hybridized carbons (Fsp3) is 0.625. The average Bonchev–Trinajstić information content (AvgIpc) is 3.17. The number of rotatable bonds is 3. The summed E-state index contributed by atoms with van der Waals surface area (Å²) in [6.45, 7) is 6.14. The minimum atomic E-state index is -0.326. The van der Waals surface area contributed by atoms with Gasteiger partial charge in [-0.15, -0.1) is 0 Å². The minimum absolute atomic E-state index is 0.121. The molecular weight excluding hydrogens is 298 g/mol. The van der Waals surface area contributed by atoms with Crippen molar-refractivity contribution >= 4 is 5.69 Å². The van der Waals surface area contributed by atoms with Gasteiger partial charge in [0.25, 0.3) is 5.69 Å². The first-order valence-electron chi connectivity index (χ1n) is 8.18. The summed E-state index contributed by atoms with van der Waals surface area (Å²) in [4.78, 5) is 16.0. The van der Waals surface area contributed by atoms with Crippen LogP contribution in [0.3, 0.4) is 0 Å². The predicted molar refractivity (Wildman–Crippen MR) is 83.7 cm³/mol. The van der Waals surface area contributed by atoms with Gasteiger partial charge in [0.2, 0.25) is 6.79 Å². The molecule has 0 bridgehead atoms. The van der Waals surface area contributed by atoms with Crippen LogP contribution in [0.4, 0.5) is 5.69 Å². The molecule has 3 heterocycles. The van der Waals surface area contributed by atoms with Crippen LogP contribution in [0.1, 0.15) is 25.3 Å². The highest BCUT2D eigenvalue weighted by Crippen LogP contribution is 2.39. The Balaban J connectivity index is 1.59. The molecule has 1 aromatic carbocycles. The van der Waals surface area contributed by atoms with Crippen LogP contribution < -0.4 is 9.47 Å². The van der Waals surface area contributed by atoms with E-state index in [1.54, 1.807) is 6.07 Å².